The highest BCUT2D eigenvalue weighted by Crippen LogP contribution is 2.62. The van der Waals surface area contributed by atoms with Crippen molar-refractivity contribution in [1.29, 1.82) is 0 Å². The molecule has 3 aliphatic rings. The summed E-state index contributed by atoms with van der Waals surface area (Å²) in [6.07, 6.45) is 8.91. The molecule has 33 heavy (non-hydrogen) atoms. The van der Waals surface area contributed by atoms with Crippen molar-refractivity contribution in [3.05, 3.63) is 53.5 Å². The maximum atomic E-state index is 13.2. The van der Waals surface area contributed by atoms with Crippen LogP contribution in [0.15, 0.2) is 41.0 Å². The zero-order chi connectivity index (χ0) is 23.0. The van der Waals surface area contributed by atoms with Crippen molar-refractivity contribution in [3.63, 3.8) is 0 Å². The molecule has 3 aliphatic carbocycles. The molecule has 176 valence electrons. The van der Waals surface area contributed by atoms with Crippen LogP contribution in [0.5, 0.6) is 5.75 Å². The monoisotopic (exact) mass is 449 g/mol. The van der Waals surface area contributed by atoms with Gasteiger partial charge in [-0.15, -0.1) is 0 Å². The minimum absolute atomic E-state index is 0.0561. The lowest BCUT2D eigenvalue weighted by Gasteiger charge is -2.50. The molecular weight excluding hydrogens is 414 g/mol. The van der Waals surface area contributed by atoms with E-state index in [1.807, 2.05) is 12.1 Å². The molecule has 1 N–H and O–H groups in total. The number of carbonyl (C=O) groups excluding carboxylic acids is 2. The summed E-state index contributed by atoms with van der Waals surface area (Å²) < 4.78 is 10.7. The molecule has 0 radical (unpaired) electrons. The van der Waals surface area contributed by atoms with Crippen molar-refractivity contribution in [2.45, 2.75) is 70.8 Å². The molecule has 0 bridgehead atoms. The Morgan fingerprint density at radius 2 is 2.15 bits per heavy atom. The Kier molecular flexibility index (Phi) is 6.07. The molecule has 1 amide bonds. The number of benzene rings is 1. The van der Waals surface area contributed by atoms with Gasteiger partial charge < -0.3 is 14.5 Å². The lowest BCUT2D eigenvalue weighted by molar-refractivity contribution is -0.129. The number of amides is 1. The summed E-state index contributed by atoms with van der Waals surface area (Å²) in [4.78, 5) is 25.5. The number of methoxy groups -OCH3 is 1. The molecule has 5 nitrogen and oxygen atoms in total. The van der Waals surface area contributed by atoms with Gasteiger partial charge >= 0.3 is 0 Å². The average molecular weight is 450 g/mol. The molecule has 1 unspecified atom stereocenters. The lowest BCUT2D eigenvalue weighted by Crippen LogP contribution is -2.44. The van der Waals surface area contributed by atoms with Crippen molar-refractivity contribution in [3.8, 4) is 5.75 Å². The van der Waals surface area contributed by atoms with E-state index < -0.39 is 0 Å². The molecule has 0 spiro atoms. The Hall–Kier alpha value is -2.56. The van der Waals surface area contributed by atoms with Gasteiger partial charge in [-0.2, -0.15) is 0 Å². The Morgan fingerprint density at radius 3 is 2.94 bits per heavy atom. The summed E-state index contributed by atoms with van der Waals surface area (Å²) in [6.45, 7) is 2.66. The van der Waals surface area contributed by atoms with Gasteiger partial charge in [-0.25, -0.2) is 0 Å². The maximum absolute atomic E-state index is 13.2. The highest BCUT2D eigenvalue weighted by atomic mass is 16.5. The molecule has 2 saturated carbocycles. The molecular formula is C28H35NO4. The van der Waals surface area contributed by atoms with Crippen molar-refractivity contribution in [2.24, 2.45) is 23.2 Å². The number of furan rings is 1. The lowest BCUT2D eigenvalue weighted by atomic mass is 9.54. The summed E-state index contributed by atoms with van der Waals surface area (Å²) in [6, 6.07) is 10.3. The molecule has 0 aliphatic heterocycles. The second-order valence-electron chi connectivity index (χ2n) is 10.5. The SMILES string of the molecule is COc1ccc2c(c1)CC[C@@H]1[C@@H]2CC[C@]2(C)C(=O)CC(CCCC(=O)NCc3ccco3)[C@@H]12. The zero-order valence-electron chi connectivity index (χ0n) is 19.8. The molecule has 2 fully saturated rings. The van der Waals surface area contributed by atoms with E-state index in [9.17, 15) is 9.59 Å². The first kappa shape index (κ1) is 22.2. The van der Waals surface area contributed by atoms with Gasteiger partial charge in [-0.05, 0) is 97.6 Å². The van der Waals surface area contributed by atoms with Crippen LogP contribution in [-0.2, 0) is 22.6 Å². The van der Waals surface area contributed by atoms with Crippen molar-refractivity contribution >= 4 is 11.7 Å². The number of hydrogen-bond acceptors (Lipinski definition) is 4. The standard InChI is InChI=1S/C28H35NO4/c1-28-13-12-23-22-11-9-20(32-2)15-18(22)8-10-24(23)27(28)19(16-25(28)30)5-3-7-26(31)29-17-21-6-4-14-33-21/h4,6,9,11,14-15,19,23-24,27H,3,5,7-8,10,12-13,16-17H2,1-2H3,(H,29,31)/t19?,23-,24-,27+,28-/m1/s1. The van der Waals surface area contributed by atoms with Crippen molar-refractivity contribution in [1.82, 2.24) is 5.32 Å². The fourth-order valence-electron chi connectivity index (χ4n) is 7.22. The highest BCUT2D eigenvalue weighted by Gasteiger charge is 2.58. The summed E-state index contributed by atoms with van der Waals surface area (Å²) in [5.74, 6) is 4.16. The van der Waals surface area contributed by atoms with Gasteiger partial charge in [-0.3, -0.25) is 9.59 Å². The Balaban J connectivity index is 1.25. The highest BCUT2D eigenvalue weighted by molar-refractivity contribution is 5.87. The first-order valence-electron chi connectivity index (χ1n) is 12.5. The van der Waals surface area contributed by atoms with Crippen molar-refractivity contribution < 1.29 is 18.7 Å². The molecule has 5 rings (SSSR count). The molecule has 2 aromatic rings. The fourth-order valence-corrected chi connectivity index (χ4v) is 7.22. The first-order chi connectivity index (χ1) is 16.0. The largest absolute Gasteiger partial charge is 0.497 e. The Labute approximate surface area is 196 Å². The number of hydrogen-bond donors (Lipinski definition) is 1. The van der Waals surface area contributed by atoms with E-state index in [0.29, 0.717) is 48.8 Å². The van der Waals surface area contributed by atoms with E-state index in [1.165, 1.54) is 11.1 Å². The summed E-state index contributed by atoms with van der Waals surface area (Å²) in [7, 11) is 1.73. The third-order valence-corrected chi connectivity index (χ3v) is 8.80. The zero-order valence-corrected chi connectivity index (χ0v) is 19.8. The van der Waals surface area contributed by atoms with Gasteiger partial charge in [0.1, 0.15) is 17.3 Å². The Morgan fingerprint density at radius 1 is 1.27 bits per heavy atom. The van der Waals surface area contributed by atoms with Crippen molar-refractivity contribution in [2.75, 3.05) is 7.11 Å². The van der Waals surface area contributed by atoms with Crippen LogP contribution in [0.3, 0.4) is 0 Å². The third kappa shape index (κ3) is 4.11. The molecule has 1 heterocycles. The smallest absolute Gasteiger partial charge is 0.220 e. The summed E-state index contributed by atoms with van der Waals surface area (Å²) in [5.41, 5.74) is 2.72. The summed E-state index contributed by atoms with van der Waals surface area (Å²) in [5, 5.41) is 2.94. The second-order valence-corrected chi connectivity index (χ2v) is 10.5. The van der Waals surface area contributed by atoms with Crippen LogP contribution in [0.1, 0.15) is 74.7 Å². The third-order valence-electron chi connectivity index (χ3n) is 8.80. The fraction of sp³-hybridized carbons (Fsp3) is 0.571. The second kappa shape index (κ2) is 9.00. The number of Topliss-reactive ketones (excluding diaryl/α,β-unsaturated/α-hetero) is 1. The van der Waals surface area contributed by atoms with Gasteiger partial charge in [0.2, 0.25) is 5.91 Å². The van der Waals surface area contributed by atoms with E-state index >= 15 is 0 Å². The predicted molar refractivity (Wildman–Crippen MR) is 126 cm³/mol. The molecule has 1 aromatic heterocycles. The van der Waals surface area contributed by atoms with Crippen LogP contribution in [0.2, 0.25) is 0 Å². The Bertz CT molecular complexity index is 1010. The number of ketones is 1. The van der Waals surface area contributed by atoms with E-state index in [2.05, 4.69) is 30.4 Å². The minimum atomic E-state index is -0.183. The first-order valence-corrected chi connectivity index (χ1v) is 12.5. The maximum Gasteiger partial charge on any atom is 0.220 e. The number of fused-ring (bicyclic) bond motifs is 5. The minimum Gasteiger partial charge on any atom is -0.497 e. The van der Waals surface area contributed by atoms with Crippen LogP contribution in [0.25, 0.3) is 0 Å². The molecule has 1 aromatic carbocycles. The van der Waals surface area contributed by atoms with E-state index in [4.69, 9.17) is 9.15 Å². The average Bonchev–Trinajstić information content (AvgIpc) is 3.43. The van der Waals surface area contributed by atoms with Crippen LogP contribution in [-0.4, -0.2) is 18.8 Å². The molecule has 5 heteroatoms. The topological polar surface area (TPSA) is 68.5 Å². The van der Waals surface area contributed by atoms with Gasteiger partial charge in [0.05, 0.1) is 19.9 Å². The predicted octanol–water partition coefficient (Wildman–Crippen LogP) is 5.43. The normalized spacial score (nSPS) is 30.3. The number of aryl methyl sites for hydroxylation is 1. The van der Waals surface area contributed by atoms with E-state index in [1.54, 1.807) is 13.4 Å². The van der Waals surface area contributed by atoms with E-state index in [0.717, 1.165) is 50.0 Å². The molecule has 5 atom stereocenters. The van der Waals surface area contributed by atoms with Gasteiger partial charge in [0.25, 0.3) is 0 Å². The van der Waals surface area contributed by atoms with Crippen LogP contribution < -0.4 is 10.1 Å². The van der Waals surface area contributed by atoms with Gasteiger partial charge in [0.15, 0.2) is 0 Å². The van der Waals surface area contributed by atoms with E-state index in [-0.39, 0.29) is 11.3 Å². The molecule has 0 saturated heterocycles. The number of rotatable bonds is 7. The quantitative estimate of drug-likeness (QED) is 0.612. The number of carbonyl (C=O) groups is 2. The van der Waals surface area contributed by atoms with Crippen LogP contribution in [0.4, 0.5) is 0 Å². The number of ether oxygens (including phenoxy) is 1. The number of nitrogens with one attached hydrogen (secondary N) is 1. The van der Waals surface area contributed by atoms with Gasteiger partial charge in [0, 0.05) is 18.3 Å². The summed E-state index contributed by atoms with van der Waals surface area (Å²) >= 11 is 0. The van der Waals surface area contributed by atoms with Gasteiger partial charge in [-0.1, -0.05) is 13.0 Å². The van der Waals surface area contributed by atoms with Crippen LogP contribution in [0, 0.1) is 23.2 Å². The van der Waals surface area contributed by atoms with Crippen LogP contribution >= 0.6 is 0 Å².